The van der Waals surface area contributed by atoms with Crippen LogP contribution < -0.4 is 5.32 Å². The predicted molar refractivity (Wildman–Crippen MR) is 77.8 cm³/mol. The molecule has 0 saturated heterocycles. The standard InChI is InChI=1S/C14H20BrNO2/c1-9-11(15)7-6-8-12(9)16-10(2)13(17)18-14(3,4)5/h6-8,10,16H,1-5H3. The normalized spacial score (nSPS) is 13.0. The van der Waals surface area contributed by atoms with Crippen molar-refractivity contribution in [2.45, 2.75) is 46.3 Å². The van der Waals surface area contributed by atoms with Crippen molar-refractivity contribution in [2.75, 3.05) is 5.32 Å². The number of carbonyl (C=O) groups excluding carboxylic acids is 1. The largest absolute Gasteiger partial charge is 0.458 e. The average Bonchev–Trinajstić information content (AvgIpc) is 2.22. The van der Waals surface area contributed by atoms with Gasteiger partial charge in [0.15, 0.2) is 0 Å². The van der Waals surface area contributed by atoms with E-state index >= 15 is 0 Å². The van der Waals surface area contributed by atoms with Crippen LogP contribution in [0.5, 0.6) is 0 Å². The van der Waals surface area contributed by atoms with Gasteiger partial charge in [-0.05, 0) is 52.3 Å². The molecule has 1 N–H and O–H groups in total. The van der Waals surface area contributed by atoms with E-state index in [1.54, 1.807) is 6.92 Å². The molecule has 4 heteroatoms. The molecule has 0 saturated carbocycles. The lowest BCUT2D eigenvalue weighted by Gasteiger charge is -2.23. The summed E-state index contributed by atoms with van der Waals surface area (Å²) >= 11 is 3.47. The first kappa shape index (κ1) is 15.0. The third-order valence-corrected chi connectivity index (χ3v) is 3.26. The molecule has 0 spiro atoms. The van der Waals surface area contributed by atoms with E-state index in [2.05, 4.69) is 21.2 Å². The molecule has 1 rings (SSSR count). The number of carbonyl (C=O) groups is 1. The monoisotopic (exact) mass is 313 g/mol. The second-order valence-corrected chi connectivity index (χ2v) is 6.17. The van der Waals surface area contributed by atoms with Gasteiger partial charge >= 0.3 is 5.97 Å². The Morgan fingerprint density at radius 2 is 2.00 bits per heavy atom. The molecule has 1 atom stereocenters. The van der Waals surface area contributed by atoms with Crippen molar-refractivity contribution in [3.8, 4) is 0 Å². The molecule has 18 heavy (non-hydrogen) atoms. The first-order chi connectivity index (χ1) is 8.20. The van der Waals surface area contributed by atoms with Gasteiger partial charge < -0.3 is 10.1 Å². The summed E-state index contributed by atoms with van der Waals surface area (Å²) in [6, 6.07) is 5.47. The van der Waals surface area contributed by atoms with Crippen molar-refractivity contribution in [3.05, 3.63) is 28.2 Å². The number of halogens is 1. The van der Waals surface area contributed by atoms with Gasteiger partial charge in [0.1, 0.15) is 11.6 Å². The Morgan fingerprint density at radius 3 is 2.56 bits per heavy atom. The Labute approximate surface area is 117 Å². The lowest BCUT2D eigenvalue weighted by molar-refractivity contribution is -0.155. The number of ether oxygens (including phenoxy) is 1. The van der Waals surface area contributed by atoms with Gasteiger partial charge in [-0.1, -0.05) is 22.0 Å². The lowest BCUT2D eigenvalue weighted by atomic mass is 10.1. The zero-order valence-corrected chi connectivity index (χ0v) is 13.1. The summed E-state index contributed by atoms with van der Waals surface area (Å²) in [6.07, 6.45) is 0. The summed E-state index contributed by atoms with van der Waals surface area (Å²) < 4.78 is 6.35. The lowest BCUT2D eigenvalue weighted by Crippen LogP contribution is -2.34. The molecule has 100 valence electrons. The Bertz CT molecular complexity index is 438. The van der Waals surface area contributed by atoms with Crippen LogP contribution in [-0.2, 0) is 9.53 Å². The fourth-order valence-electron chi connectivity index (χ4n) is 1.45. The van der Waals surface area contributed by atoms with Crippen LogP contribution in [-0.4, -0.2) is 17.6 Å². The van der Waals surface area contributed by atoms with Crippen LogP contribution in [0.1, 0.15) is 33.3 Å². The number of hydrogen-bond acceptors (Lipinski definition) is 3. The molecular formula is C14H20BrNO2. The molecule has 1 unspecified atom stereocenters. The minimum atomic E-state index is -0.459. The van der Waals surface area contributed by atoms with Gasteiger partial charge in [0.05, 0.1) is 0 Å². The van der Waals surface area contributed by atoms with E-state index in [1.807, 2.05) is 45.9 Å². The summed E-state index contributed by atoms with van der Waals surface area (Å²) in [6.45, 7) is 9.38. The molecule has 1 aromatic carbocycles. The van der Waals surface area contributed by atoms with Gasteiger partial charge in [-0.15, -0.1) is 0 Å². The van der Waals surface area contributed by atoms with Crippen LogP contribution in [0.4, 0.5) is 5.69 Å². The van der Waals surface area contributed by atoms with Gasteiger partial charge in [-0.3, -0.25) is 0 Å². The summed E-state index contributed by atoms with van der Waals surface area (Å²) in [5, 5.41) is 3.17. The van der Waals surface area contributed by atoms with E-state index in [1.165, 1.54) is 0 Å². The molecule has 0 aliphatic rings. The molecule has 3 nitrogen and oxygen atoms in total. The molecule has 0 aromatic heterocycles. The van der Waals surface area contributed by atoms with Crippen LogP contribution in [0.15, 0.2) is 22.7 Å². The summed E-state index contributed by atoms with van der Waals surface area (Å²) in [5.41, 5.74) is 1.55. The van der Waals surface area contributed by atoms with Crippen molar-refractivity contribution in [3.63, 3.8) is 0 Å². The van der Waals surface area contributed by atoms with Crippen LogP contribution in [0.3, 0.4) is 0 Å². The maximum atomic E-state index is 11.9. The SMILES string of the molecule is Cc1c(Br)cccc1NC(C)C(=O)OC(C)(C)C. The molecule has 0 heterocycles. The third kappa shape index (κ3) is 4.33. The molecule has 0 amide bonds. The Hall–Kier alpha value is -1.03. The minimum Gasteiger partial charge on any atom is -0.458 e. The van der Waals surface area contributed by atoms with E-state index in [0.717, 1.165) is 15.7 Å². The number of anilines is 1. The third-order valence-electron chi connectivity index (χ3n) is 2.40. The van der Waals surface area contributed by atoms with Gasteiger partial charge in [0, 0.05) is 10.2 Å². The Balaban J connectivity index is 2.73. The van der Waals surface area contributed by atoms with Gasteiger partial charge in [-0.2, -0.15) is 0 Å². The highest BCUT2D eigenvalue weighted by atomic mass is 79.9. The van der Waals surface area contributed by atoms with Crippen molar-refractivity contribution in [1.29, 1.82) is 0 Å². The number of benzene rings is 1. The van der Waals surface area contributed by atoms with E-state index < -0.39 is 5.60 Å². The van der Waals surface area contributed by atoms with Crippen LogP contribution in [0.2, 0.25) is 0 Å². The zero-order valence-electron chi connectivity index (χ0n) is 11.5. The molecular weight excluding hydrogens is 294 g/mol. The van der Waals surface area contributed by atoms with E-state index in [0.29, 0.717) is 0 Å². The quantitative estimate of drug-likeness (QED) is 0.860. The molecule has 1 aromatic rings. The average molecular weight is 314 g/mol. The molecule has 0 radical (unpaired) electrons. The van der Waals surface area contributed by atoms with E-state index in [9.17, 15) is 4.79 Å². The topological polar surface area (TPSA) is 38.3 Å². The van der Waals surface area contributed by atoms with Crippen LogP contribution in [0.25, 0.3) is 0 Å². The van der Waals surface area contributed by atoms with Crippen LogP contribution in [0, 0.1) is 6.92 Å². The molecule has 0 bridgehead atoms. The van der Waals surface area contributed by atoms with Crippen molar-refractivity contribution in [1.82, 2.24) is 0 Å². The Morgan fingerprint density at radius 1 is 1.39 bits per heavy atom. The predicted octanol–water partition coefficient (Wildman–Crippen LogP) is 3.90. The summed E-state index contributed by atoms with van der Waals surface area (Å²) in [7, 11) is 0. The highest BCUT2D eigenvalue weighted by molar-refractivity contribution is 9.10. The fourth-order valence-corrected chi connectivity index (χ4v) is 1.81. The number of rotatable bonds is 3. The number of nitrogens with one attached hydrogen (secondary N) is 1. The van der Waals surface area contributed by atoms with Crippen LogP contribution >= 0.6 is 15.9 Å². The smallest absolute Gasteiger partial charge is 0.328 e. The van der Waals surface area contributed by atoms with Gasteiger partial charge in [0.25, 0.3) is 0 Å². The highest BCUT2D eigenvalue weighted by Crippen LogP contribution is 2.24. The van der Waals surface area contributed by atoms with Crippen molar-refractivity contribution < 1.29 is 9.53 Å². The maximum Gasteiger partial charge on any atom is 0.328 e. The molecule has 0 aliphatic carbocycles. The van der Waals surface area contributed by atoms with E-state index in [4.69, 9.17) is 4.74 Å². The second-order valence-electron chi connectivity index (χ2n) is 5.31. The maximum absolute atomic E-state index is 11.9. The number of hydrogen-bond donors (Lipinski definition) is 1. The first-order valence-electron chi connectivity index (χ1n) is 5.95. The number of esters is 1. The Kier molecular flexibility index (Phi) is 4.79. The zero-order chi connectivity index (χ0) is 13.9. The first-order valence-corrected chi connectivity index (χ1v) is 6.74. The highest BCUT2D eigenvalue weighted by Gasteiger charge is 2.21. The fraction of sp³-hybridized carbons (Fsp3) is 0.500. The molecule has 0 aliphatic heterocycles. The van der Waals surface area contributed by atoms with Crippen molar-refractivity contribution >= 4 is 27.6 Å². The van der Waals surface area contributed by atoms with Gasteiger partial charge in [0.2, 0.25) is 0 Å². The summed E-state index contributed by atoms with van der Waals surface area (Å²) in [5.74, 6) is -0.248. The van der Waals surface area contributed by atoms with Gasteiger partial charge in [-0.25, -0.2) is 4.79 Å². The summed E-state index contributed by atoms with van der Waals surface area (Å²) in [4.78, 5) is 11.9. The van der Waals surface area contributed by atoms with Crippen molar-refractivity contribution in [2.24, 2.45) is 0 Å². The minimum absolute atomic E-state index is 0.248. The molecule has 0 fully saturated rings. The van der Waals surface area contributed by atoms with E-state index in [-0.39, 0.29) is 12.0 Å². The second kappa shape index (κ2) is 5.74.